The van der Waals surface area contributed by atoms with Crippen LogP contribution in [-0.4, -0.2) is 42.2 Å². The summed E-state index contributed by atoms with van der Waals surface area (Å²) in [4.78, 5) is 37.2. The van der Waals surface area contributed by atoms with Crippen molar-refractivity contribution in [3.63, 3.8) is 0 Å². The number of benzene rings is 1. The topological polar surface area (TPSA) is 75.7 Å². The summed E-state index contributed by atoms with van der Waals surface area (Å²) in [5, 5.41) is 2.21. The molecular formula is C16H18N2O4S. The molecule has 0 aromatic heterocycles. The van der Waals surface area contributed by atoms with E-state index in [0.29, 0.717) is 17.9 Å². The fraction of sp³-hybridized carbons (Fsp3) is 0.312. The molecule has 23 heavy (non-hydrogen) atoms. The van der Waals surface area contributed by atoms with Crippen LogP contribution in [0.4, 0.5) is 4.79 Å². The number of ether oxygens (including phenoxy) is 1. The lowest BCUT2D eigenvalue weighted by atomic mass is 10.2. The number of hydrogen-bond donors (Lipinski definition) is 1. The molecule has 3 amide bonds. The standard InChI is InChI=1S/C16H18N2O4S/c1-3-8-17-14(19)10-18-15(20)13(23-16(18)21)9-11-6-4-5-7-12(11)22-2/h4-7,9H,3,8,10H2,1-2H3,(H,17,19)/b13-9-. The average Bonchev–Trinajstić information content (AvgIpc) is 2.81. The maximum Gasteiger partial charge on any atom is 0.294 e. The van der Waals surface area contributed by atoms with E-state index in [9.17, 15) is 14.4 Å². The van der Waals surface area contributed by atoms with Gasteiger partial charge in [0.15, 0.2) is 0 Å². The van der Waals surface area contributed by atoms with Gasteiger partial charge < -0.3 is 10.1 Å². The lowest BCUT2D eigenvalue weighted by molar-refractivity contribution is -0.129. The molecule has 0 saturated carbocycles. The van der Waals surface area contributed by atoms with Crippen molar-refractivity contribution in [1.29, 1.82) is 0 Å². The molecule has 0 unspecified atom stereocenters. The highest BCUT2D eigenvalue weighted by molar-refractivity contribution is 8.18. The summed E-state index contributed by atoms with van der Waals surface area (Å²) in [6.45, 7) is 2.19. The molecule has 122 valence electrons. The van der Waals surface area contributed by atoms with E-state index >= 15 is 0 Å². The van der Waals surface area contributed by atoms with Gasteiger partial charge in [0.25, 0.3) is 11.1 Å². The number of nitrogens with zero attached hydrogens (tertiary/aromatic N) is 1. The van der Waals surface area contributed by atoms with Gasteiger partial charge in [-0.2, -0.15) is 0 Å². The maximum atomic E-state index is 12.3. The molecule has 2 rings (SSSR count). The normalized spacial score (nSPS) is 16.1. The SMILES string of the molecule is CCCNC(=O)CN1C(=O)S/C(=C\c2ccccc2OC)C1=O. The van der Waals surface area contributed by atoms with Gasteiger partial charge in [-0.1, -0.05) is 25.1 Å². The van der Waals surface area contributed by atoms with E-state index in [2.05, 4.69) is 5.32 Å². The fourth-order valence-electron chi connectivity index (χ4n) is 2.03. The summed E-state index contributed by atoms with van der Waals surface area (Å²) in [6.07, 6.45) is 2.40. The first kappa shape index (κ1) is 17.1. The molecule has 0 spiro atoms. The van der Waals surface area contributed by atoms with Crippen LogP contribution >= 0.6 is 11.8 Å². The van der Waals surface area contributed by atoms with Crippen LogP contribution in [0, 0.1) is 0 Å². The van der Waals surface area contributed by atoms with Gasteiger partial charge in [0, 0.05) is 12.1 Å². The quantitative estimate of drug-likeness (QED) is 0.808. The number of carbonyl (C=O) groups is 3. The van der Waals surface area contributed by atoms with Crippen LogP contribution in [0.2, 0.25) is 0 Å². The monoisotopic (exact) mass is 334 g/mol. The molecule has 0 atom stereocenters. The molecule has 1 fully saturated rings. The molecule has 1 aromatic rings. The minimum atomic E-state index is -0.461. The predicted molar refractivity (Wildman–Crippen MR) is 89.0 cm³/mol. The van der Waals surface area contributed by atoms with Crippen molar-refractivity contribution in [2.75, 3.05) is 20.2 Å². The third-order valence-corrected chi connectivity index (χ3v) is 4.08. The molecule has 0 bridgehead atoms. The first-order valence-electron chi connectivity index (χ1n) is 7.22. The minimum absolute atomic E-state index is 0.256. The Bertz CT molecular complexity index is 657. The summed E-state index contributed by atoms with van der Waals surface area (Å²) in [6, 6.07) is 7.20. The van der Waals surface area contributed by atoms with Crippen LogP contribution in [0.25, 0.3) is 6.08 Å². The zero-order valence-corrected chi connectivity index (χ0v) is 13.8. The van der Waals surface area contributed by atoms with Crippen molar-refractivity contribution in [1.82, 2.24) is 10.2 Å². The summed E-state index contributed by atoms with van der Waals surface area (Å²) < 4.78 is 5.23. The van der Waals surface area contributed by atoms with Crippen LogP contribution in [0.1, 0.15) is 18.9 Å². The molecule has 1 heterocycles. The van der Waals surface area contributed by atoms with Crippen molar-refractivity contribution in [2.24, 2.45) is 0 Å². The highest BCUT2D eigenvalue weighted by atomic mass is 32.2. The van der Waals surface area contributed by atoms with Crippen molar-refractivity contribution < 1.29 is 19.1 Å². The Labute approximate surface area is 138 Å². The summed E-state index contributed by atoms with van der Waals surface area (Å²) in [5.41, 5.74) is 0.705. The Balaban J connectivity index is 2.14. The Morgan fingerprint density at radius 1 is 1.35 bits per heavy atom. The van der Waals surface area contributed by atoms with E-state index in [1.54, 1.807) is 18.2 Å². The van der Waals surface area contributed by atoms with E-state index in [-0.39, 0.29) is 17.4 Å². The Kier molecular flexibility index (Phi) is 5.81. The van der Waals surface area contributed by atoms with Crippen molar-refractivity contribution in [3.8, 4) is 5.75 Å². The number of imide groups is 1. The first-order valence-corrected chi connectivity index (χ1v) is 8.03. The molecule has 6 nitrogen and oxygen atoms in total. The molecule has 7 heteroatoms. The number of carbonyl (C=O) groups excluding carboxylic acids is 3. The molecular weight excluding hydrogens is 316 g/mol. The van der Waals surface area contributed by atoms with E-state index in [4.69, 9.17) is 4.74 Å². The second-order valence-electron chi connectivity index (χ2n) is 4.86. The van der Waals surface area contributed by atoms with Crippen LogP contribution in [-0.2, 0) is 9.59 Å². The van der Waals surface area contributed by atoms with Gasteiger partial charge in [-0.3, -0.25) is 19.3 Å². The maximum absolute atomic E-state index is 12.3. The van der Waals surface area contributed by atoms with Crippen molar-refractivity contribution in [2.45, 2.75) is 13.3 Å². The first-order chi connectivity index (χ1) is 11.1. The highest BCUT2D eigenvalue weighted by Gasteiger charge is 2.36. The average molecular weight is 334 g/mol. The van der Waals surface area contributed by atoms with Gasteiger partial charge in [-0.05, 0) is 30.3 Å². The van der Waals surface area contributed by atoms with Crippen molar-refractivity contribution >= 4 is 34.9 Å². The van der Waals surface area contributed by atoms with E-state index in [0.717, 1.165) is 23.1 Å². The molecule has 0 aliphatic carbocycles. The highest BCUT2D eigenvalue weighted by Crippen LogP contribution is 2.33. The Morgan fingerprint density at radius 2 is 2.09 bits per heavy atom. The minimum Gasteiger partial charge on any atom is -0.496 e. The molecule has 0 radical (unpaired) electrons. The largest absolute Gasteiger partial charge is 0.496 e. The van der Waals surface area contributed by atoms with Crippen LogP contribution in [0.3, 0.4) is 0 Å². The molecule has 1 N–H and O–H groups in total. The van der Waals surface area contributed by atoms with Gasteiger partial charge in [-0.15, -0.1) is 0 Å². The summed E-state index contributed by atoms with van der Waals surface area (Å²) in [7, 11) is 1.54. The second kappa shape index (κ2) is 7.82. The molecule has 1 aromatic carbocycles. The van der Waals surface area contributed by atoms with Gasteiger partial charge in [-0.25, -0.2) is 0 Å². The van der Waals surface area contributed by atoms with Crippen LogP contribution < -0.4 is 10.1 Å². The van der Waals surface area contributed by atoms with Gasteiger partial charge in [0.1, 0.15) is 12.3 Å². The van der Waals surface area contributed by atoms with Gasteiger partial charge >= 0.3 is 0 Å². The molecule has 1 aliphatic heterocycles. The second-order valence-corrected chi connectivity index (χ2v) is 5.85. The van der Waals surface area contributed by atoms with Crippen LogP contribution in [0.5, 0.6) is 5.75 Å². The number of methoxy groups -OCH3 is 1. The number of para-hydroxylation sites is 1. The Morgan fingerprint density at radius 3 is 2.78 bits per heavy atom. The van der Waals surface area contributed by atoms with E-state index in [1.807, 2.05) is 19.1 Å². The number of rotatable bonds is 6. The molecule has 1 aliphatic rings. The lowest BCUT2D eigenvalue weighted by Gasteiger charge is -2.11. The summed E-state index contributed by atoms with van der Waals surface area (Å²) >= 11 is 0.825. The predicted octanol–water partition coefficient (Wildman–Crippen LogP) is 2.26. The number of hydrogen-bond acceptors (Lipinski definition) is 5. The molecule has 1 saturated heterocycles. The zero-order chi connectivity index (χ0) is 16.8. The number of thioether (sulfide) groups is 1. The summed E-state index contributed by atoms with van der Waals surface area (Å²) in [5.74, 6) is -0.190. The smallest absolute Gasteiger partial charge is 0.294 e. The van der Waals surface area contributed by atoms with Gasteiger partial charge in [0.05, 0.1) is 12.0 Å². The van der Waals surface area contributed by atoms with Crippen LogP contribution in [0.15, 0.2) is 29.2 Å². The fourth-order valence-corrected chi connectivity index (χ4v) is 2.86. The number of nitrogens with one attached hydrogen (secondary N) is 1. The Hall–Kier alpha value is -2.28. The van der Waals surface area contributed by atoms with Crippen molar-refractivity contribution in [3.05, 3.63) is 34.7 Å². The zero-order valence-electron chi connectivity index (χ0n) is 13.0. The lowest BCUT2D eigenvalue weighted by Crippen LogP contribution is -2.39. The van der Waals surface area contributed by atoms with Gasteiger partial charge in [0.2, 0.25) is 5.91 Å². The third kappa shape index (κ3) is 4.13. The van der Waals surface area contributed by atoms with E-state index < -0.39 is 11.1 Å². The van der Waals surface area contributed by atoms with E-state index in [1.165, 1.54) is 7.11 Å². The third-order valence-electron chi connectivity index (χ3n) is 3.17. The number of amides is 3.